The number of hydrogen-bond acceptors (Lipinski definition) is 6. The van der Waals surface area contributed by atoms with Crippen molar-refractivity contribution in [3.8, 4) is 10.6 Å². The first-order valence-electron chi connectivity index (χ1n) is 10.1. The summed E-state index contributed by atoms with van der Waals surface area (Å²) < 4.78 is 0. The highest BCUT2D eigenvalue weighted by Crippen LogP contribution is 2.28. The average molecular weight is 435 g/mol. The van der Waals surface area contributed by atoms with Gasteiger partial charge in [0.2, 0.25) is 5.91 Å². The predicted molar refractivity (Wildman–Crippen MR) is 117 cm³/mol. The molecule has 0 saturated heterocycles. The van der Waals surface area contributed by atoms with Crippen molar-refractivity contribution in [3.63, 3.8) is 0 Å². The summed E-state index contributed by atoms with van der Waals surface area (Å²) in [4.78, 5) is 48.6. The lowest BCUT2D eigenvalue weighted by molar-refractivity contribution is -0.126. The van der Waals surface area contributed by atoms with E-state index in [-0.39, 0.29) is 18.4 Å². The number of imide groups is 1. The Hall–Kier alpha value is -3.39. The van der Waals surface area contributed by atoms with Crippen molar-refractivity contribution in [2.75, 3.05) is 0 Å². The monoisotopic (exact) mass is 434 g/mol. The van der Waals surface area contributed by atoms with Gasteiger partial charge in [-0.2, -0.15) is 0 Å². The Morgan fingerprint density at radius 2 is 1.74 bits per heavy atom. The molecule has 1 N–H and O–H groups in total. The van der Waals surface area contributed by atoms with Gasteiger partial charge in [-0.1, -0.05) is 32.4 Å². The molecule has 1 aliphatic rings. The molecule has 0 bridgehead atoms. The summed E-state index contributed by atoms with van der Waals surface area (Å²) in [6.07, 6.45) is 4.06. The molecule has 0 spiro atoms. The van der Waals surface area contributed by atoms with Gasteiger partial charge in [-0.15, -0.1) is 11.3 Å². The van der Waals surface area contributed by atoms with Gasteiger partial charge in [0, 0.05) is 23.3 Å². The van der Waals surface area contributed by atoms with Crippen molar-refractivity contribution in [2.45, 2.75) is 32.9 Å². The van der Waals surface area contributed by atoms with E-state index in [2.05, 4.69) is 15.3 Å². The first-order valence-corrected chi connectivity index (χ1v) is 11.0. The highest BCUT2D eigenvalue weighted by Gasteiger charge is 2.44. The number of nitrogens with zero attached hydrogens (tertiary/aromatic N) is 3. The van der Waals surface area contributed by atoms with Crippen LogP contribution in [0.15, 0.2) is 54.2 Å². The molecule has 1 aliphatic heterocycles. The lowest BCUT2D eigenvalue weighted by atomic mass is 9.96. The lowest BCUT2D eigenvalue weighted by Gasteiger charge is -2.29. The van der Waals surface area contributed by atoms with E-state index in [9.17, 15) is 14.4 Å². The lowest BCUT2D eigenvalue weighted by Crippen LogP contribution is -2.52. The molecule has 0 aliphatic carbocycles. The number of hydrogen-bond donors (Lipinski definition) is 1. The topological polar surface area (TPSA) is 92.3 Å². The number of fused-ring (bicyclic) bond motifs is 1. The summed E-state index contributed by atoms with van der Waals surface area (Å²) >= 11 is 1.48. The van der Waals surface area contributed by atoms with E-state index in [4.69, 9.17) is 0 Å². The zero-order valence-electron chi connectivity index (χ0n) is 17.2. The molecule has 158 valence electrons. The zero-order valence-corrected chi connectivity index (χ0v) is 18.1. The van der Waals surface area contributed by atoms with Gasteiger partial charge >= 0.3 is 0 Å². The van der Waals surface area contributed by atoms with Gasteiger partial charge < -0.3 is 5.32 Å². The third kappa shape index (κ3) is 3.98. The van der Waals surface area contributed by atoms with Crippen molar-refractivity contribution >= 4 is 29.1 Å². The van der Waals surface area contributed by atoms with Gasteiger partial charge in [-0.3, -0.25) is 24.3 Å². The number of rotatable bonds is 7. The van der Waals surface area contributed by atoms with Crippen LogP contribution in [0.1, 0.15) is 46.7 Å². The number of pyridine rings is 1. The van der Waals surface area contributed by atoms with Gasteiger partial charge in [0.05, 0.1) is 23.4 Å². The van der Waals surface area contributed by atoms with Crippen LogP contribution in [0.4, 0.5) is 0 Å². The van der Waals surface area contributed by atoms with E-state index in [0.717, 1.165) is 21.2 Å². The van der Waals surface area contributed by atoms with Gasteiger partial charge in [0.15, 0.2) is 0 Å². The Balaban J connectivity index is 1.51. The van der Waals surface area contributed by atoms with E-state index in [1.54, 1.807) is 36.7 Å². The Labute approximate surface area is 184 Å². The van der Waals surface area contributed by atoms with Crippen LogP contribution in [-0.4, -0.2) is 38.6 Å². The molecule has 0 fully saturated rings. The SMILES string of the molecule is CCC(C)C(C(=O)NCc1csc(-c2ccncc2)n1)N1C(=O)c2ccccc2C1=O. The third-order valence-corrected chi connectivity index (χ3v) is 6.42. The first-order chi connectivity index (χ1) is 15.0. The molecule has 2 unspecified atom stereocenters. The molecule has 31 heavy (non-hydrogen) atoms. The summed E-state index contributed by atoms with van der Waals surface area (Å²) in [5, 5.41) is 5.59. The van der Waals surface area contributed by atoms with Crippen molar-refractivity contribution < 1.29 is 14.4 Å². The highest BCUT2D eigenvalue weighted by molar-refractivity contribution is 7.13. The molecule has 3 heterocycles. The van der Waals surface area contributed by atoms with Crippen molar-refractivity contribution in [1.82, 2.24) is 20.2 Å². The van der Waals surface area contributed by atoms with Crippen LogP contribution in [0.5, 0.6) is 0 Å². The molecule has 3 amide bonds. The summed E-state index contributed by atoms with van der Waals surface area (Å²) in [6, 6.07) is 9.55. The normalized spacial score (nSPS) is 15.0. The second kappa shape index (κ2) is 8.77. The van der Waals surface area contributed by atoms with Gasteiger partial charge in [0.1, 0.15) is 11.0 Å². The van der Waals surface area contributed by atoms with Crippen LogP contribution < -0.4 is 5.32 Å². The van der Waals surface area contributed by atoms with E-state index < -0.39 is 17.9 Å². The molecule has 2 aromatic heterocycles. The smallest absolute Gasteiger partial charge is 0.262 e. The number of carbonyl (C=O) groups is 3. The maximum Gasteiger partial charge on any atom is 0.262 e. The molecule has 3 aromatic rings. The van der Waals surface area contributed by atoms with Crippen molar-refractivity contribution in [1.29, 1.82) is 0 Å². The Kier molecular flexibility index (Phi) is 5.90. The van der Waals surface area contributed by atoms with Gasteiger partial charge in [-0.05, 0) is 30.2 Å². The average Bonchev–Trinajstić information content (AvgIpc) is 3.38. The standard InChI is InChI=1S/C23H22N4O3S/c1-3-14(2)19(27-22(29)17-6-4-5-7-18(17)23(27)30)20(28)25-12-16-13-31-21(26-16)15-8-10-24-11-9-15/h4-11,13-14,19H,3,12H2,1-2H3,(H,25,28). The molecule has 2 atom stereocenters. The molecule has 0 radical (unpaired) electrons. The van der Waals surface area contributed by atoms with Gasteiger partial charge in [0.25, 0.3) is 11.8 Å². The summed E-state index contributed by atoms with van der Waals surface area (Å²) in [6.45, 7) is 4.03. The molecule has 0 saturated carbocycles. The maximum atomic E-state index is 13.1. The van der Waals surface area contributed by atoms with E-state index in [0.29, 0.717) is 17.5 Å². The number of nitrogens with one attached hydrogen (secondary N) is 1. The fraction of sp³-hybridized carbons (Fsp3) is 0.261. The van der Waals surface area contributed by atoms with E-state index in [1.165, 1.54) is 11.3 Å². The largest absolute Gasteiger partial charge is 0.349 e. The fourth-order valence-electron chi connectivity index (χ4n) is 3.61. The fourth-order valence-corrected chi connectivity index (χ4v) is 4.44. The van der Waals surface area contributed by atoms with Gasteiger partial charge in [-0.25, -0.2) is 4.98 Å². The Bertz CT molecular complexity index is 1090. The molecule has 7 nitrogen and oxygen atoms in total. The summed E-state index contributed by atoms with van der Waals surface area (Å²) in [5.74, 6) is -1.39. The number of thiazole rings is 1. The third-order valence-electron chi connectivity index (χ3n) is 5.48. The van der Waals surface area contributed by atoms with Crippen LogP contribution in [-0.2, 0) is 11.3 Å². The second-order valence-corrected chi connectivity index (χ2v) is 8.31. The Morgan fingerprint density at radius 1 is 1.10 bits per heavy atom. The minimum atomic E-state index is -0.879. The number of carbonyl (C=O) groups excluding carboxylic acids is 3. The molecule has 1 aromatic carbocycles. The van der Waals surface area contributed by atoms with Crippen LogP contribution in [0.3, 0.4) is 0 Å². The summed E-state index contributed by atoms with van der Waals surface area (Å²) in [5.41, 5.74) is 2.36. The maximum absolute atomic E-state index is 13.1. The predicted octanol–water partition coefficient (Wildman–Crippen LogP) is 3.53. The second-order valence-electron chi connectivity index (χ2n) is 7.45. The zero-order chi connectivity index (χ0) is 22.0. The molecular formula is C23H22N4O3S. The van der Waals surface area contributed by atoms with Crippen molar-refractivity contribution in [2.24, 2.45) is 5.92 Å². The summed E-state index contributed by atoms with van der Waals surface area (Å²) in [7, 11) is 0. The first kappa shape index (κ1) is 20.9. The number of amides is 3. The van der Waals surface area contributed by atoms with Crippen LogP contribution in [0.25, 0.3) is 10.6 Å². The van der Waals surface area contributed by atoms with E-state index in [1.807, 2.05) is 31.4 Å². The minimum Gasteiger partial charge on any atom is -0.349 e. The van der Waals surface area contributed by atoms with Crippen LogP contribution in [0, 0.1) is 5.92 Å². The molecule has 8 heteroatoms. The number of benzene rings is 1. The van der Waals surface area contributed by atoms with Crippen molar-refractivity contribution in [3.05, 3.63) is 71.0 Å². The molecular weight excluding hydrogens is 412 g/mol. The quantitative estimate of drug-likeness (QED) is 0.574. The number of aromatic nitrogens is 2. The van der Waals surface area contributed by atoms with Crippen LogP contribution >= 0.6 is 11.3 Å². The minimum absolute atomic E-state index is 0.190. The van der Waals surface area contributed by atoms with Crippen LogP contribution in [0.2, 0.25) is 0 Å². The Morgan fingerprint density at radius 3 is 2.35 bits per heavy atom. The molecule has 4 rings (SSSR count). The van der Waals surface area contributed by atoms with E-state index >= 15 is 0 Å². The highest BCUT2D eigenvalue weighted by atomic mass is 32.1.